The van der Waals surface area contributed by atoms with Gasteiger partial charge in [0.05, 0.1) is 12.7 Å². The smallest absolute Gasteiger partial charge is 0.0725 e. The predicted molar refractivity (Wildman–Crippen MR) is 52.5 cm³/mol. The monoisotopic (exact) mass is 184 g/mol. The number of rotatable bonds is 1. The molecule has 0 saturated carbocycles. The third-order valence-corrected chi connectivity index (χ3v) is 3.22. The molecule has 2 aliphatic rings. The zero-order chi connectivity index (χ0) is 9.42. The molecule has 76 valence electrons. The molecule has 0 radical (unpaired) electrons. The summed E-state index contributed by atoms with van der Waals surface area (Å²) in [6, 6.07) is 0.976. The summed E-state index contributed by atoms with van der Waals surface area (Å²) in [5.74, 6) is 0.623. The van der Waals surface area contributed by atoms with Crippen molar-refractivity contribution in [2.24, 2.45) is 11.7 Å². The van der Waals surface area contributed by atoms with E-state index in [0.29, 0.717) is 24.1 Å². The van der Waals surface area contributed by atoms with Crippen LogP contribution in [0.2, 0.25) is 0 Å². The molecule has 2 rings (SSSR count). The zero-order valence-corrected chi connectivity index (χ0v) is 8.57. The van der Waals surface area contributed by atoms with Crippen molar-refractivity contribution in [3.8, 4) is 0 Å². The van der Waals surface area contributed by atoms with Gasteiger partial charge in [0.15, 0.2) is 0 Å². The molecule has 2 fully saturated rings. The molecule has 2 N–H and O–H groups in total. The summed E-state index contributed by atoms with van der Waals surface area (Å²) >= 11 is 0. The maximum absolute atomic E-state index is 5.92. The Morgan fingerprint density at radius 3 is 2.85 bits per heavy atom. The number of fused-ring (bicyclic) bond motifs is 1. The summed E-state index contributed by atoms with van der Waals surface area (Å²) in [4.78, 5) is 2.50. The Kier molecular flexibility index (Phi) is 2.58. The Morgan fingerprint density at radius 2 is 2.15 bits per heavy atom. The number of hydrogen-bond donors (Lipinski definition) is 1. The Labute approximate surface area is 80.2 Å². The van der Waals surface area contributed by atoms with Crippen LogP contribution in [0.4, 0.5) is 0 Å². The number of nitrogens with two attached hydrogens (primary N) is 1. The second-order valence-electron chi connectivity index (χ2n) is 4.72. The molecule has 3 atom stereocenters. The fraction of sp³-hybridized carbons (Fsp3) is 1.00. The quantitative estimate of drug-likeness (QED) is 0.643. The van der Waals surface area contributed by atoms with E-state index < -0.39 is 0 Å². The van der Waals surface area contributed by atoms with Crippen LogP contribution in [0, 0.1) is 5.92 Å². The predicted octanol–water partition coefficient (Wildman–Crippen LogP) is 0.443. The summed E-state index contributed by atoms with van der Waals surface area (Å²) in [6.07, 6.45) is 1.53. The lowest BCUT2D eigenvalue weighted by atomic mass is 10.0. The van der Waals surface area contributed by atoms with E-state index in [0.717, 1.165) is 26.1 Å². The molecule has 2 aliphatic heterocycles. The molecule has 2 heterocycles. The van der Waals surface area contributed by atoms with Gasteiger partial charge in [-0.25, -0.2) is 0 Å². The van der Waals surface area contributed by atoms with Crippen LogP contribution in [-0.4, -0.2) is 42.8 Å². The van der Waals surface area contributed by atoms with Crippen LogP contribution in [0.3, 0.4) is 0 Å². The minimum absolute atomic E-state index is 0.375. The topological polar surface area (TPSA) is 38.5 Å². The molecule has 0 spiro atoms. The molecule has 3 heteroatoms. The van der Waals surface area contributed by atoms with Gasteiger partial charge in [-0.1, -0.05) is 13.8 Å². The summed E-state index contributed by atoms with van der Waals surface area (Å²) in [5, 5.41) is 0. The van der Waals surface area contributed by atoms with E-state index in [-0.39, 0.29) is 0 Å². The van der Waals surface area contributed by atoms with Crippen LogP contribution in [0.15, 0.2) is 0 Å². The van der Waals surface area contributed by atoms with Crippen LogP contribution in [-0.2, 0) is 4.74 Å². The summed E-state index contributed by atoms with van der Waals surface area (Å²) in [5.41, 5.74) is 5.92. The first-order valence-corrected chi connectivity index (χ1v) is 5.28. The third kappa shape index (κ3) is 1.87. The van der Waals surface area contributed by atoms with Crippen molar-refractivity contribution in [1.29, 1.82) is 0 Å². The van der Waals surface area contributed by atoms with E-state index in [1.165, 1.54) is 0 Å². The van der Waals surface area contributed by atoms with E-state index in [1.54, 1.807) is 0 Å². The normalized spacial score (nSPS) is 41.1. The van der Waals surface area contributed by atoms with E-state index in [4.69, 9.17) is 10.5 Å². The first kappa shape index (κ1) is 9.44. The van der Waals surface area contributed by atoms with Gasteiger partial charge in [-0.05, 0) is 12.3 Å². The minimum Gasteiger partial charge on any atom is -0.375 e. The molecule has 0 aromatic heterocycles. The third-order valence-electron chi connectivity index (χ3n) is 3.22. The average Bonchev–Trinajstić information content (AvgIpc) is 2.42. The molecule has 0 bridgehead atoms. The standard InChI is InChI=1S/C10H20N2O/c1-7(2)10-5-12-4-8(11)3-9(12)6-13-10/h7-10H,3-6,11H2,1-2H3/t8-,9-,10+/m0/s1. The van der Waals surface area contributed by atoms with Crippen molar-refractivity contribution in [1.82, 2.24) is 4.90 Å². The minimum atomic E-state index is 0.375. The zero-order valence-electron chi connectivity index (χ0n) is 8.57. The lowest BCUT2D eigenvalue weighted by Gasteiger charge is -2.36. The Balaban J connectivity index is 1.93. The van der Waals surface area contributed by atoms with Gasteiger partial charge in [0.25, 0.3) is 0 Å². The maximum atomic E-state index is 5.92. The van der Waals surface area contributed by atoms with Gasteiger partial charge in [-0.2, -0.15) is 0 Å². The van der Waals surface area contributed by atoms with E-state index in [1.807, 2.05) is 0 Å². The first-order valence-electron chi connectivity index (χ1n) is 5.28. The lowest BCUT2D eigenvalue weighted by molar-refractivity contribution is -0.0683. The molecule has 3 nitrogen and oxygen atoms in total. The number of morpholine rings is 1. The van der Waals surface area contributed by atoms with Gasteiger partial charge >= 0.3 is 0 Å². The molecule has 0 aromatic rings. The molecule has 0 aliphatic carbocycles. The fourth-order valence-corrected chi connectivity index (χ4v) is 2.34. The summed E-state index contributed by atoms with van der Waals surface area (Å²) in [6.45, 7) is 7.48. The molecule has 0 amide bonds. The Bertz CT molecular complexity index is 184. The average molecular weight is 184 g/mol. The van der Waals surface area contributed by atoms with Crippen molar-refractivity contribution >= 4 is 0 Å². The SMILES string of the molecule is CC(C)[C@H]1CN2C[C@@H](N)C[C@H]2CO1. The second-order valence-corrected chi connectivity index (χ2v) is 4.72. The van der Waals surface area contributed by atoms with Crippen LogP contribution < -0.4 is 5.73 Å². The number of hydrogen-bond acceptors (Lipinski definition) is 3. The molecular formula is C10H20N2O. The Morgan fingerprint density at radius 1 is 1.38 bits per heavy atom. The largest absolute Gasteiger partial charge is 0.375 e. The fourth-order valence-electron chi connectivity index (χ4n) is 2.34. The van der Waals surface area contributed by atoms with Crippen LogP contribution >= 0.6 is 0 Å². The number of ether oxygens (including phenoxy) is 1. The van der Waals surface area contributed by atoms with E-state index in [2.05, 4.69) is 18.7 Å². The second kappa shape index (κ2) is 3.56. The van der Waals surface area contributed by atoms with Gasteiger partial charge in [-0.3, -0.25) is 4.90 Å². The van der Waals surface area contributed by atoms with Gasteiger partial charge in [0.2, 0.25) is 0 Å². The van der Waals surface area contributed by atoms with Crippen molar-refractivity contribution < 1.29 is 4.74 Å². The van der Waals surface area contributed by atoms with Crippen molar-refractivity contribution in [3.63, 3.8) is 0 Å². The molecular weight excluding hydrogens is 164 g/mol. The molecule has 0 aromatic carbocycles. The highest BCUT2D eigenvalue weighted by Crippen LogP contribution is 2.24. The van der Waals surface area contributed by atoms with Gasteiger partial charge in [0, 0.05) is 25.2 Å². The maximum Gasteiger partial charge on any atom is 0.0725 e. The van der Waals surface area contributed by atoms with Gasteiger partial charge < -0.3 is 10.5 Å². The van der Waals surface area contributed by atoms with E-state index in [9.17, 15) is 0 Å². The van der Waals surface area contributed by atoms with Gasteiger partial charge in [-0.15, -0.1) is 0 Å². The van der Waals surface area contributed by atoms with Crippen molar-refractivity contribution in [3.05, 3.63) is 0 Å². The van der Waals surface area contributed by atoms with Crippen LogP contribution in [0.1, 0.15) is 20.3 Å². The highest BCUT2D eigenvalue weighted by Gasteiger charge is 2.36. The first-order chi connectivity index (χ1) is 6.16. The van der Waals surface area contributed by atoms with Crippen molar-refractivity contribution in [2.45, 2.75) is 38.5 Å². The number of nitrogens with zero attached hydrogens (tertiary/aromatic N) is 1. The van der Waals surface area contributed by atoms with E-state index >= 15 is 0 Å². The van der Waals surface area contributed by atoms with Crippen LogP contribution in [0.5, 0.6) is 0 Å². The molecule has 0 unspecified atom stereocenters. The van der Waals surface area contributed by atoms with Crippen LogP contribution in [0.25, 0.3) is 0 Å². The highest BCUT2D eigenvalue weighted by atomic mass is 16.5. The Hall–Kier alpha value is -0.120. The van der Waals surface area contributed by atoms with Gasteiger partial charge in [0.1, 0.15) is 0 Å². The summed E-state index contributed by atoms with van der Waals surface area (Å²) < 4.78 is 5.80. The lowest BCUT2D eigenvalue weighted by Crippen LogP contribution is -2.48. The molecule has 2 saturated heterocycles. The summed E-state index contributed by atoms with van der Waals surface area (Å²) in [7, 11) is 0. The van der Waals surface area contributed by atoms with Crippen molar-refractivity contribution in [2.75, 3.05) is 19.7 Å². The molecule has 13 heavy (non-hydrogen) atoms. The highest BCUT2D eigenvalue weighted by molar-refractivity contribution is 4.91.